The topological polar surface area (TPSA) is 50.5 Å². The molecule has 3 N–H and O–H groups in total. The van der Waals surface area contributed by atoms with Gasteiger partial charge in [-0.25, -0.2) is 5.01 Å². The summed E-state index contributed by atoms with van der Waals surface area (Å²) in [6, 6.07) is 7.55. The number of nitrogen functional groups attached to an aromatic ring is 1. The summed E-state index contributed by atoms with van der Waals surface area (Å²) >= 11 is 0. The van der Waals surface area contributed by atoms with Crippen LogP contribution in [0.15, 0.2) is 36.7 Å². The van der Waals surface area contributed by atoms with E-state index in [-0.39, 0.29) is 0 Å². The van der Waals surface area contributed by atoms with E-state index in [4.69, 9.17) is 10.6 Å². The van der Waals surface area contributed by atoms with Crippen LogP contribution in [0.1, 0.15) is 0 Å². The Morgan fingerprint density at radius 1 is 1.33 bits per heavy atom. The Kier molecular flexibility index (Phi) is 1.60. The molecule has 1 aromatic rings. The molecular weight excluding hydrogens is 154 g/mol. The van der Waals surface area contributed by atoms with E-state index < -0.39 is 0 Å². The fraction of sp³-hybridized carbons (Fsp3) is 0. The molecular formula is C8H9N3O. The highest BCUT2D eigenvalue weighted by atomic mass is 16.7. The van der Waals surface area contributed by atoms with Crippen LogP contribution in [0, 0.1) is 0 Å². The first-order valence-electron chi connectivity index (χ1n) is 3.59. The summed E-state index contributed by atoms with van der Waals surface area (Å²) in [6.07, 6.45) is 3.30. The molecule has 62 valence electrons. The third-order valence-electron chi connectivity index (χ3n) is 1.63. The number of para-hydroxylation sites is 2. The molecule has 0 saturated heterocycles. The van der Waals surface area contributed by atoms with Crippen LogP contribution in [0.2, 0.25) is 0 Å². The number of nitrogens with two attached hydrogens (primary N) is 1. The van der Waals surface area contributed by atoms with Crippen molar-refractivity contribution in [2.75, 3.05) is 10.7 Å². The van der Waals surface area contributed by atoms with Crippen molar-refractivity contribution in [1.29, 1.82) is 0 Å². The van der Waals surface area contributed by atoms with Crippen LogP contribution in [-0.2, 0) is 4.84 Å². The lowest BCUT2D eigenvalue weighted by Gasteiger charge is -2.15. The maximum atomic E-state index is 5.73. The van der Waals surface area contributed by atoms with E-state index in [9.17, 15) is 0 Å². The van der Waals surface area contributed by atoms with Crippen LogP contribution in [0.4, 0.5) is 11.4 Å². The number of rotatable bonds is 1. The Hall–Kier alpha value is -1.68. The lowest BCUT2D eigenvalue weighted by molar-refractivity contribution is 0.159. The Labute approximate surface area is 70.2 Å². The van der Waals surface area contributed by atoms with E-state index in [1.54, 1.807) is 17.5 Å². The van der Waals surface area contributed by atoms with Gasteiger partial charge in [0.2, 0.25) is 0 Å². The summed E-state index contributed by atoms with van der Waals surface area (Å²) < 4.78 is 0. The van der Waals surface area contributed by atoms with Gasteiger partial charge >= 0.3 is 0 Å². The largest absolute Gasteiger partial charge is 0.397 e. The van der Waals surface area contributed by atoms with Crippen LogP contribution >= 0.6 is 0 Å². The minimum atomic E-state index is 0.708. The van der Waals surface area contributed by atoms with Crippen LogP contribution in [0.25, 0.3) is 0 Å². The molecule has 1 aromatic carbocycles. The quantitative estimate of drug-likeness (QED) is 0.606. The molecule has 4 heteroatoms. The second-order valence-corrected chi connectivity index (χ2v) is 2.42. The van der Waals surface area contributed by atoms with Crippen molar-refractivity contribution < 1.29 is 4.84 Å². The van der Waals surface area contributed by atoms with Crippen molar-refractivity contribution in [2.24, 2.45) is 0 Å². The molecule has 0 spiro atoms. The van der Waals surface area contributed by atoms with E-state index >= 15 is 0 Å². The summed E-state index contributed by atoms with van der Waals surface area (Å²) in [7, 11) is 0. The molecule has 0 bridgehead atoms. The number of nitrogens with one attached hydrogen (secondary N) is 1. The van der Waals surface area contributed by atoms with Gasteiger partial charge in [0.15, 0.2) is 0 Å². The van der Waals surface area contributed by atoms with E-state index in [0.29, 0.717) is 5.69 Å². The summed E-state index contributed by atoms with van der Waals surface area (Å²) in [4.78, 5) is 4.81. The average Bonchev–Trinajstić information content (AvgIpc) is 2.57. The van der Waals surface area contributed by atoms with Crippen LogP contribution in [-0.4, -0.2) is 0 Å². The lowest BCUT2D eigenvalue weighted by atomic mass is 10.3. The molecule has 0 aliphatic carbocycles. The van der Waals surface area contributed by atoms with E-state index in [1.807, 2.05) is 24.3 Å². The minimum absolute atomic E-state index is 0.708. The third kappa shape index (κ3) is 1.08. The number of anilines is 2. The molecule has 0 fully saturated rings. The molecule has 0 amide bonds. The molecule has 12 heavy (non-hydrogen) atoms. The van der Waals surface area contributed by atoms with Crippen molar-refractivity contribution in [3.63, 3.8) is 0 Å². The van der Waals surface area contributed by atoms with Gasteiger partial charge in [0, 0.05) is 0 Å². The Balaban J connectivity index is 2.33. The van der Waals surface area contributed by atoms with Gasteiger partial charge in [-0.1, -0.05) is 17.7 Å². The van der Waals surface area contributed by atoms with Crippen molar-refractivity contribution in [2.45, 2.75) is 0 Å². The highest BCUT2D eigenvalue weighted by molar-refractivity contribution is 5.67. The molecule has 0 saturated carbocycles. The number of hydrogen-bond donors (Lipinski definition) is 2. The Bertz CT molecular complexity index is 311. The van der Waals surface area contributed by atoms with E-state index in [0.717, 1.165) is 5.69 Å². The second-order valence-electron chi connectivity index (χ2n) is 2.42. The van der Waals surface area contributed by atoms with Gasteiger partial charge in [0.1, 0.15) is 6.26 Å². The van der Waals surface area contributed by atoms with Crippen LogP contribution in [0.3, 0.4) is 0 Å². The monoisotopic (exact) mass is 163 g/mol. The highest BCUT2D eigenvalue weighted by Gasteiger charge is 2.09. The molecule has 0 aromatic heterocycles. The predicted molar refractivity (Wildman–Crippen MR) is 46.7 cm³/mol. The Morgan fingerprint density at radius 2 is 2.17 bits per heavy atom. The van der Waals surface area contributed by atoms with Crippen LogP contribution in [0.5, 0.6) is 0 Å². The molecule has 1 heterocycles. The SMILES string of the molecule is Nc1ccccc1N1C=CON1. The molecule has 1 aliphatic heterocycles. The zero-order valence-corrected chi connectivity index (χ0v) is 6.40. The predicted octanol–water partition coefficient (Wildman–Crippen LogP) is 0.996. The number of benzene rings is 1. The van der Waals surface area contributed by atoms with E-state index in [2.05, 4.69) is 5.59 Å². The first-order valence-corrected chi connectivity index (χ1v) is 3.59. The van der Waals surface area contributed by atoms with Gasteiger partial charge in [-0.15, -0.1) is 0 Å². The third-order valence-corrected chi connectivity index (χ3v) is 1.63. The fourth-order valence-corrected chi connectivity index (χ4v) is 1.05. The lowest BCUT2D eigenvalue weighted by Crippen LogP contribution is -2.27. The number of hydrazine groups is 1. The van der Waals surface area contributed by atoms with Gasteiger partial charge < -0.3 is 10.6 Å². The van der Waals surface area contributed by atoms with Gasteiger partial charge in [-0.3, -0.25) is 0 Å². The van der Waals surface area contributed by atoms with Crippen molar-refractivity contribution in [1.82, 2.24) is 5.59 Å². The maximum Gasteiger partial charge on any atom is 0.131 e. The van der Waals surface area contributed by atoms with E-state index in [1.165, 1.54) is 0 Å². The van der Waals surface area contributed by atoms with Crippen molar-refractivity contribution >= 4 is 11.4 Å². The molecule has 2 rings (SSSR count). The molecule has 0 radical (unpaired) electrons. The number of hydrogen-bond acceptors (Lipinski definition) is 4. The van der Waals surface area contributed by atoms with Gasteiger partial charge in [0.25, 0.3) is 0 Å². The minimum Gasteiger partial charge on any atom is -0.397 e. The fourth-order valence-electron chi connectivity index (χ4n) is 1.05. The summed E-state index contributed by atoms with van der Waals surface area (Å²) in [5, 5.41) is 1.70. The van der Waals surface area contributed by atoms with Gasteiger partial charge in [-0.05, 0) is 12.1 Å². The summed E-state index contributed by atoms with van der Waals surface area (Å²) in [6.45, 7) is 0. The molecule has 0 unspecified atom stereocenters. The zero-order chi connectivity index (χ0) is 8.39. The van der Waals surface area contributed by atoms with Crippen molar-refractivity contribution in [3.8, 4) is 0 Å². The zero-order valence-electron chi connectivity index (χ0n) is 6.40. The highest BCUT2D eigenvalue weighted by Crippen LogP contribution is 2.22. The Morgan fingerprint density at radius 3 is 2.83 bits per heavy atom. The molecule has 1 aliphatic rings. The average molecular weight is 163 g/mol. The van der Waals surface area contributed by atoms with Gasteiger partial charge in [0.05, 0.1) is 17.6 Å². The first-order chi connectivity index (χ1) is 5.88. The second kappa shape index (κ2) is 2.75. The smallest absolute Gasteiger partial charge is 0.131 e. The molecule has 4 nitrogen and oxygen atoms in total. The molecule has 0 atom stereocenters. The summed E-state index contributed by atoms with van der Waals surface area (Å²) in [5.41, 5.74) is 9.97. The standard InChI is InChI=1S/C8H9N3O/c9-7-3-1-2-4-8(7)11-5-6-12-10-11/h1-6,10H,9H2. The maximum absolute atomic E-state index is 5.73. The van der Waals surface area contributed by atoms with Gasteiger partial charge in [-0.2, -0.15) is 0 Å². The van der Waals surface area contributed by atoms with Crippen LogP contribution < -0.4 is 16.3 Å². The first kappa shape index (κ1) is 7.00. The normalized spacial score (nSPS) is 14.8. The number of nitrogens with zero attached hydrogens (tertiary/aromatic N) is 1. The summed E-state index contributed by atoms with van der Waals surface area (Å²) in [5.74, 6) is 0. The van der Waals surface area contributed by atoms with Crippen molar-refractivity contribution in [3.05, 3.63) is 36.7 Å².